The summed E-state index contributed by atoms with van der Waals surface area (Å²) in [6, 6.07) is 42.3. The van der Waals surface area contributed by atoms with Crippen LogP contribution in [0, 0.1) is 11.8 Å². The largest absolute Gasteiger partial charge is 0.489 e. The molecule has 0 spiro atoms. The van der Waals surface area contributed by atoms with E-state index in [9.17, 15) is 19.2 Å². The van der Waals surface area contributed by atoms with Crippen LogP contribution in [0.2, 0.25) is 0 Å². The van der Waals surface area contributed by atoms with Crippen molar-refractivity contribution in [2.75, 3.05) is 24.9 Å². The first kappa shape index (κ1) is 38.1. The first-order valence-corrected chi connectivity index (χ1v) is 17.4. The molecule has 0 radical (unpaired) electrons. The van der Waals surface area contributed by atoms with Gasteiger partial charge in [-0.25, -0.2) is 9.59 Å². The van der Waals surface area contributed by atoms with E-state index in [1.54, 1.807) is 72.8 Å². The molecule has 0 atom stereocenters. The van der Waals surface area contributed by atoms with Crippen LogP contribution in [-0.2, 0) is 22.7 Å². The fraction of sp³-hybridized carbons (Fsp3) is 0.0870. The normalized spacial score (nSPS) is 10.2. The van der Waals surface area contributed by atoms with Gasteiger partial charge in [-0.3, -0.25) is 9.59 Å². The Hall–Kier alpha value is -7.64. The highest BCUT2D eigenvalue weighted by molar-refractivity contribution is 6.05. The zero-order valence-corrected chi connectivity index (χ0v) is 30.5. The van der Waals surface area contributed by atoms with Gasteiger partial charge in [-0.05, 0) is 132 Å². The van der Waals surface area contributed by atoms with E-state index in [1.165, 1.54) is 14.2 Å². The number of anilines is 2. The number of ether oxygens (including phenoxy) is 4. The van der Waals surface area contributed by atoms with Gasteiger partial charge in [-0.15, -0.1) is 0 Å². The minimum Gasteiger partial charge on any atom is -0.489 e. The van der Waals surface area contributed by atoms with Crippen LogP contribution in [0.5, 0.6) is 11.5 Å². The highest BCUT2D eigenvalue weighted by atomic mass is 16.5. The highest BCUT2D eigenvalue weighted by Crippen LogP contribution is 2.19. The molecule has 56 heavy (non-hydrogen) atoms. The molecule has 10 heteroatoms. The molecule has 0 bridgehead atoms. The molecule has 6 rings (SSSR count). The molecule has 0 heterocycles. The second-order valence-electron chi connectivity index (χ2n) is 12.3. The van der Waals surface area contributed by atoms with Crippen molar-refractivity contribution >= 4 is 35.1 Å². The van der Waals surface area contributed by atoms with E-state index in [0.29, 0.717) is 58.3 Å². The van der Waals surface area contributed by atoms with E-state index in [2.05, 4.69) is 31.9 Å². The molecule has 2 amide bonds. The molecule has 0 saturated heterocycles. The van der Waals surface area contributed by atoms with Crippen molar-refractivity contribution in [1.29, 1.82) is 0 Å². The first-order valence-electron chi connectivity index (χ1n) is 17.4. The fourth-order valence-corrected chi connectivity index (χ4v) is 5.27. The van der Waals surface area contributed by atoms with E-state index in [-0.39, 0.29) is 11.8 Å². The van der Waals surface area contributed by atoms with Crippen LogP contribution in [-0.4, -0.2) is 38.0 Å². The van der Waals surface area contributed by atoms with E-state index < -0.39 is 11.9 Å². The summed E-state index contributed by atoms with van der Waals surface area (Å²) >= 11 is 0. The number of esters is 2. The summed E-state index contributed by atoms with van der Waals surface area (Å²) in [4.78, 5) is 48.4. The van der Waals surface area contributed by atoms with Gasteiger partial charge in [0.1, 0.15) is 24.7 Å². The summed E-state index contributed by atoms with van der Waals surface area (Å²) in [6.45, 7) is 0.701. The fourth-order valence-electron chi connectivity index (χ4n) is 5.27. The lowest BCUT2D eigenvalue weighted by Crippen LogP contribution is -2.12. The lowest BCUT2D eigenvalue weighted by atomic mass is 10.1. The van der Waals surface area contributed by atoms with Crippen LogP contribution in [0.1, 0.15) is 63.7 Å². The van der Waals surface area contributed by atoms with Crippen molar-refractivity contribution in [3.63, 3.8) is 0 Å². The highest BCUT2D eigenvalue weighted by Gasteiger charge is 2.11. The topological polar surface area (TPSA) is 129 Å². The Kier molecular flexibility index (Phi) is 12.5. The van der Waals surface area contributed by atoms with Crippen molar-refractivity contribution < 1.29 is 38.1 Å². The summed E-state index contributed by atoms with van der Waals surface area (Å²) < 4.78 is 21.3. The number of carbonyl (C=O) groups is 4. The zero-order chi connectivity index (χ0) is 39.3. The molecular weight excluding hydrogens is 709 g/mol. The third-order valence-corrected chi connectivity index (χ3v) is 8.43. The minimum absolute atomic E-state index is 0.287. The molecule has 278 valence electrons. The molecular formula is C46H36N2O8. The van der Waals surface area contributed by atoms with Gasteiger partial charge in [0.15, 0.2) is 0 Å². The molecule has 10 nitrogen and oxygen atoms in total. The molecule has 0 aliphatic rings. The summed E-state index contributed by atoms with van der Waals surface area (Å²) in [5, 5.41) is 5.69. The van der Waals surface area contributed by atoms with Crippen LogP contribution in [0.4, 0.5) is 11.4 Å². The average Bonchev–Trinajstić information content (AvgIpc) is 3.25. The number of benzene rings is 6. The summed E-state index contributed by atoms with van der Waals surface area (Å²) in [5.74, 6) is 6.26. The quantitative estimate of drug-likeness (QED) is 0.0946. The Bertz CT molecular complexity index is 2190. The lowest BCUT2D eigenvalue weighted by Gasteiger charge is -2.09. The first-order chi connectivity index (χ1) is 27.3. The number of hydrogen-bond acceptors (Lipinski definition) is 8. The molecule has 0 fully saturated rings. The van der Waals surface area contributed by atoms with Crippen molar-refractivity contribution in [2.24, 2.45) is 0 Å². The van der Waals surface area contributed by atoms with Crippen molar-refractivity contribution in [1.82, 2.24) is 0 Å². The van der Waals surface area contributed by atoms with E-state index in [0.717, 1.165) is 22.3 Å². The summed E-state index contributed by atoms with van der Waals surface area (Å²) in [5.41, 5.74) is 6.42. The Balaban J connectivity index is 0.921. The van der Waals surface area contributed by atoms with Crippen LogP contribution < -0.4 is 20.1 Å². The van der Waals surface area contributed by atoms with Crippen molar-refractivity contribution in [2.45, 2.75) is 13.2 Å². The van der Waals surface area contributed by atoms with E-state index in [4.69, 9.17) is 9.47 Å². The van der Waals surface area contributed by atoms with Gasteiger partial charge in [0.25, 0.3) is 11.8 Å². The second-order valence-corrected chi connectivity index (χ2v) is 12.3. The van der Waals surface area contributed by atoms with Gasteiger partial charge >= 0.3 is 11.9 Å². The monoisotopic (exact) mass is 744 g/mol. The molecule has 2 N–H and O–H groups in total. The van der Waals surface area contributed by atoms with Gasteiger partial charge in [-0.1, -0.05) is 36.1 Å². The van der Waals surface area contributed by atoms with Crippen LogP contribution in [0.3, 0.4) is 0 Å². The summed E-state index contributed by atoms with van der Waals surface area (Å²) in [7, 11) is 2.62. The Morgan fingerprint density at radius 1 is 0.429 bits per heavy atom. The minimum atomic E-state index is -0.459. The molecule has 0 aliphatic carbocycles. The molecule has 0 unspecified atom stereocenters. The number of methoxy groups -OCH3 is 2. The molecule has 6 aromatic rings. The van der Waals surface area contributed by atoms with Crippen molar-refractivity contribution in [3.05, 3.63) is 190 Å². The Morgan fingerprint density at radius 3 is 1.07 bits per heavy atom. The van der Waals surface area contributed by atoms with Gasteiger partial charge in [-0.2, -0.15) is 0 Å². The third kappa shape index (κ3) is 10.5. The van der Waals surface area contributed by atoms with Crippen molar-refractivity contribution in [3.8, 4) is 23.3 Å². The molecule has 0 aromatic heterocycles. The number of hydrogen-bond donors (Lipinski definition) is 2. The molecule has 0 saturated carbocycles. The van der Waals surface area contributed by atoms with Crippen LogP contribution in [0.15, 0.2) is 146 Å². The number of nitrogens with one attached hydrogen (secondary N) is 2. The number of amides is 2. The second kappa shape index (κ2) is 18.4. The average molecular weight is 745 g/mol. The Morgan fingerprint density at radius 2 is 0.750 bits per heavy atom. The van der Waals surface area contributed by atoms with Gasteiger partial charge < -0.3 is 29.6 Å². The maximum atomic E-state index is 12.6. The SMILES string of the molecule is COC(=O)c1ccc(C(=O)Nc2ccc(COc3ccc(C#Cc4ccc(OCc5ccc(NC(=O)c6ccc(C(=O)OC)cc6)cc5)cc4)cc3)cc2)cc1. The standard InChI is InChI=1S/C46H36N2O8/c1-53-45(51)37-17-13-35(14-18-37)43(49)47-39-21-5-33(6-22-39)29-55-41-25-9-31(10-26-41)3-4-32-11-27-42(28-12-32)56-30-34-7-23-40(24-8-34)48-44(50)36-15-19-38(20-16-36)46(52)54-2/h5-28H,29-30H2,1-2H3,(H,47,49)(H,48,50). The maximum Gasteiger partial charge on any atom is 0.337 e. The number of rotatable bonds is 12. The van der Waals surface area contributed by atoms with Gasteiger partial charge in [0.05, 0.1) is 25.3 Å². The lowest BCUT2D eigenvalue weighted by molar-refractivity contribution is 0.0592. The maximum absolute atomic E-state index is 12.6. The van der Waals surface area contributed by atoms with E-state index in [1.807, 2.05) is 72.8 Å². The third-order valence-electron chi connectivity index (χ3n) is 8.43. The molecule has 0 aliphatic heterocycles. The van der Waals surface area contributed by atoms with E-state index >= 15 is 0 Å². The smallest absolute Gasteiger partial charge is 0.337 e. The number of carbonyl (C=O) groups excluding carboxylic acids is 4. The van der Waals surface area contributed by atoms with Gasteiger partial charge in [0, 0.05) is 33.6 Å². The predicted molar refractivity (Wildman–Crippen MR) is 212 cm³/mol. The molecule has 6 aromatic carbocycles. The predicted octanol–water partition coefficient (Wildman–Crippen LogP) is 8.32. The summed E-state index contributed by atoms with van der Waals surface area (Å²) in [6.07, 6.45) is 0. The Labute approximate surface area is 324 Å². The van der Waals surface area contributed by atoms with Crippen LogP contribution in [0.25, 0.3) is 0 Å². The zero-order valence-electron chi connectivity index (χ0n) is 30.5. The van der Waals surface area contributed by atoms with Crippen LogP contribution >= 0.6 is 0 Å². The van der Waals surface area contributed by atoms with Gasteiger partial charge in [0.2, 0.25) is 0 Å².